The van der Waals surface area contributed by atoms with Crippen molar-refractivity contribution in [2.24, 2.45) is 0 Å². The van der Waals surface area contributed by atoms with Crippen LogP contribution in [-0.4, -0.2) is 38.0 Å². The molecule has 7 nitrogen and oxygen atoms in total. The van der Waals surface area contributed by atoms with Gasteiger partial charge in [0, 0.05) is 11.9 Å². The molecule has 3 N–H and O–H groups in total. The highest BCUT2D eigenvalue weighted by Crippen LogP contribution is 2.20. The number of carbonyl (C=O) groups excluding carboxylic acids is 1. The van der Waals surface area contributed by atoms with Crippen molar-refractivity contribution in [3.63, 3.8) is 0 Å². The molecular formula is C11H16N2O5S2. The number of aromatic carboxylic acids is 1. The van der Waals surface area contributed by atoms with E-state index in [1.165, 1.54) is 12.3 Å². The van der Waals surface area contributed by atoms with E-state index in [1.807, 2.05) is 6.92 Å². The minimum absolute atomic E-state index is 0.0986. The van der Waals surface area contributed by atoms with Crippen molar-refractivity contribution in [3.8, 4) is 0 Å². The molecule has 0 saturated heterocycles. The number of carboxylic acid groups (broad SMARTS) is 1. The Morgan fingerprint density at radius 1 is 1.45 bits per heavy atom. The molecule has 0 bridgehead atoms. The van der Waals surface area contributed by atoms with Crippen LogP contribution in [0.1, 0.15) is 30.6 Å². The fraction of sp³-hybridized carbons (Fsp3) is 0.455. The van der Waals surface area contributed by atoms with Gasteiger partial charge in [-0.3, -0.25) is 4.79 Å². The van der Waals surface area contributed by atoms with Gasteiger partial charge >= 0.3 is 5.97 Å². The highest BCUT2D eigenvalue weighted by atomic mass is 32.2. The molecule has 0 aromatic carbocycles. The molecule has 0 saturated carbocycles. The summed E-state index contributed by atoms with van der Waals surface area (Å²) in [6.07, 6.45) is 0.748. The van der Waals surface area contributed by atoms with Crippen LogP contribution in [0.4, 0.5) is 0 Å². The van der Waals surface area contributed by atoms with Gasteiger partial charge in [-0.05, 0) is 19.4 Å². The summed E-state index contributed by atoms with van der Waals surface area (Å²) in [4.78, 5) is 22.3. The van der Waals surface area contributed by atoms with Crippen LogP contribution >= 0.6 is 11.3 Å². The lowest BCUT2D eigenvalue weighted by atomic mass is 10.3. The molecule has 1 atom stereocenters. The van der Waals surface area contributed by atoms with Crippen molar-refractivity contribution in [2.45, 2.75) is 30.5 Å². The summed E-state index contributed by atoms with van der Waals surface area (Å²) in [5.74, 6) is -1.62. The molecule has 0 aliphatic heterocycles. The molecule has 0 fully saturated rings. The van der Waals surface area contributed by atoms with Crippen molar-refractivity contribution in [1.82, 2.24) is 10.0 Å². The summed E-state index contributed by atoms with van der Waals surface area (Å²) in [5.41, 5.74) is -0.0986. The maximum absolute atomic E-state index is 12.0. The summed E-state index contributed by atoms with van der Waals surface area (Å²) in [7, 11) is -3.90. The first kappa shape index (κ1) is 16.6. The van der Waals surface area contributed by atoms with E-state index in [-0.39, 0.29) is 9.77 Å². The molecule has 1 aromatic rings. The lowest BCUT2D eigenvalue weighted by Crippen LogP contribution is -2.44. The number of thiophene rings is 1. The van der Waals surface area contributed by atoms with Gasteiger partial charge < -0.3 is 10.4 Å². The zero-order chi connectivity index (χ0) is 15.3. The molecule has 1 rings (SSSR count). The Kier molecular flexibility index (Phi) is 5.66. The van der Waals surface area contributed by atoms with Crippen LogP contribution in [0.2, 0.25) is 0 Å². The molecule has 20 heavy (non-hydrogen) atoms. The average molecular weight is 320 g/mol. The lowest BCUT2D eigenvalue weighted by Gasteiger charge is -2.13. The fourth-order valence-electron chi connectivity index (χ4n) is 1.32. The molecular weight excluding hydrogens is 304 g/mol. The van der Waals surface area contributed by atoms with Crippen molar-refractivity contribution >= 4 is 33.2 Å². The largest absolute Gasteiger partial charge is 0.478 e. The minimum atomic E-state index is -3.90. The second kappa shape index (κ2) is 6.82. The van der Waals surface area contributed by atoms with Crippen LogP contribution < -0.4 is 10.0 Å². The number of carbonyl (C=O) groups is 2. The van der Waals surface area contributed by atoms with Crippen LogP contribution in [0.15, 0.2) is 15.7 Å². The quantitative estimate of drug-likeness (QED) is 0.682. The number of hydrogen-bond donors (Lipinski definition) is 3. The van der Waals surface area contributed by atoms with E-state index in [2.05, 4.69) is 10.0 Å². The van der Waals surface area contributed by atoms with Gasteiger partial charge in [-0.2, -0.15) is 4.72 Å². The van der Waals surface area contributed by atoms with Crippen LogP contribution in [0.25, 0.3) is 0 Å². The Morgan fingerprint density at radius 3 is 2.60 bits per heavy atom. The molecule has 0 aliphatic rings. The molecule has 1 amide bonds. The molecule has 0 aliphatic carbocycles. The second-order valence-corrected chi connectivity index (χ2v) is 6.95. The van der Waals surface area contributed by atoms with Gasteiger partial charge in [0.15, 0.2) is 0 Å². The van der Waals surface area contributed by atoms with Crippen LogP contribution in [0.5, 0.6) is 0 Å². The maximum Gasteiger partial charge on any atom is 0.336 e. The number of rotatable bonds is 7. The first-order valence-electron chi connectivity index (χ1n) is 5.89. The topological polar surface area (TPSA) is 113 Å². The highest BCUT2D eigenvalue weighted by molar-refractivity contribution is 7.91. The zero-order valence-electron chi connectivity index (χ0n) is 11.0. The Labute approximate surface area is 121 Å². The zero-order valence-corrected chi connectivity index (χ0v) is 12.7. The van der Waals surface area contributed by atoms with E-state index >= 15 is 0 Å². The van der Waals surface area contributed by atoms with Crippen LogP contribution in [0.3, 0.4) is 0 Å². The normalized spacial score (nSPS) is 12.9. The molecule has 1 heterocycles. The van der Waals surface area contributed by atoms with E-state index in [0.717, 1.165) is 23.8 Å². The number of amides is 1. The SMILES string of the molecule is CCCNC(=O)C(C)NS(=O)(=O)c1cc(C(=O)O)cs1. The van der Waals surface area contributed by atoms with Crippen LogP contribution in [0, 0.1) is 0 Å². The van der Waals surface area contributed by atoms with Gasteiger partial charge in [-0.1, -0.05) is 6.92 Å². The summed E-state index contributed by atoms with van der Waals surface area (Å²) < 4.78 is 26.0. The number of nitrogens with one attached hydrogen (secondary N) is 2. The summed E-state index contributed by atoms with van der Waals surface area (Å²) >= 11 is 0.793. The lowest BCUT2D eigenvalue weighted by molar-refractivity contribution is -0.122. The highest BCUT2D eigenvalue weighted by Gasteiger charge is 2.24. The molecule has 1 aromatic heterocycles. The van der Waals surface area contributed by atoms with E-state index in [4.69, 9.17) is 5.11 Å². The van der Waals surface area contributed by atoms with E-state index in [1.54, 1.807) is 0 Å². The van der Waals surface area contributed by atoms with Crippen molar-refractivity contribution in [3.05, 3.63) is 17.0 Å². The molecule has 9 heteroatoms. The third kappa shape index (κ3) is 4.29. The molecule has 0 spiro atoms. The Morgan fingerprint density at radius 2 is 2.10 bits per heavy atom. The van der Waals surface area contributed by atoms with E-state index < -0.39 is 27.9 Å². The predicted octanol–water partition coefficient (Wildman–Crippen LogP) is 0.639. The third-order valence-corrected chi connectivity index (χ3v) is 5.34. The first-order chi connectivity index (χ1) is 9.27. The maximum atomic E-state index is 12.0. The Bertz CT molecular complexity index is 594. The minimum Gasteiger partial charge on any atom is -0.478 e. The second-order valence-electron chi connectivity index (χ2n) is 4.09. The van der Waals surface area contributed by atoms with Crippen molar-refractivity contribution in [2.75, 3.05) is 6.54 Å². The Balaban J connectivity index is 2.78. The fourth-order valence-corrected chi connectivity index (χ4v) is 3.69. The number of carboxylic acids is 1. The van der Waals surface area contributed by atoms with Gasteiger partial charge in [0.05, 0.1) is 11.6 Å². The Hall–Kier alpha value is -1.45. The van der Waals surface area contributed by atoms with Gasteiger partial charge in [-0.25, -0.2) is 13.2 Å². The summed E-state index contributed by atoms with van der Waals surface area (Å²) in [5, 5.41) is 12.6. The van der Waals surface area contributed by atoms with Crippen molar-refractivity contribution < 1.29 is 23.1 Å². The summed E-state index contributed by atoms with van der Waals surface area (Å²) in [6, 6.07) is 0.133. The van der Waals surface area contributed by atoms with Crippen molar-refractivity contribution in [1.29, 1.82) is 0 Å². The third-order valence-electron chi connectivity index (χ3n) is 2.36. The molecule has 112 valence electrons. The van der Waals surface area contributed by atoms with E-state index in [0.29, 0.717) is 6.54 Å². The van der Waals surface area contributed by atoms with Gasteiger partial charge in [0.25, 0.3) is 10.0 Å². The van der Waals surface area contributed by atoms with Gasteiger partial charge in [0.1, 0.15) is 4.21 Å². The van der Waals surface area contributed by atoms with Gasteiger partial charge in [0.2, 0.25) is 5.91 Å². The monoisotopic (exact) mass is 320 g/mol. The molecule has 0 radical (unpaired) electrons. The summed E-state index contributed by atoms with van der Waals surface area (Å²) in [6.45, 7) is 3.77. The number of sulfonamides is 1. The standard InChI is InChI=1S/C11H16N2O5S2/c1-3-4-12-10(14)7(2)13-20(17,18)9-5-8(6-19-9)11(15)16/h5-7,13H,3-4H2,1-2H3,(H,12,14)(H,15,16). The predicted molar refractivity (Wildman–Crippen MR) is 74.4 cm³/mol. The average Bonchev–Trinajstić information content (AvgIpc) is 2.85. The number of hydrogen-bond acceptors (Lipinski definition) is 5. The first-order valence-corrected chi connectivity index (χ1v) is 8.26. The van der Waals surface area contributed by atoms with Gasteiger partial charge in [-0.15, -0.1) is 11.3 Å². The molecule has 1 unspecified atom stereocenters. The smallest absolute Gasteiger partial charge is 0.336 e. The van der Waals surface area contributed by atoms with Crippen LogP contribution in [-0.2, 0) is 14.8 Å². The van der Waals surface area contributed by atoms with E-state index in [9.17, 15) is 18.0 Å².